The summed E-state index contributed by atoms with van der Waals surface area (Å²) in [7, 11) is 0. The van der Waals surface area contributed by atoms with E-state index in [4.69, 9.17) is 0 Å². The first kappa shape index (κ1) is 17.1. The molecular formula is C19H15BrFN3O. The van der Waals surface area contributed by atoms with E-state index in [-0.39, 0.29) is 11.7 Å². The number of amides is 1. The van der Waals surface area contributed by atoms with Gasteiger partial charge in [-0.25, -0.2) is 9.37 Å². The van der Waals surface area contributed by atoms with Gasteiger partial charge in [-0.3, -0.25) is 4.79 Å². The van der Waals surface area contributed by atoms with Gasteiger partial charge in [-0.05, 0) is 36.4 Å². The molecule has 2 N–H and O–H groups in total. The molecule has 0 saturated carbocycles. The quantitative estimate of drug-likeness (QED) is 0.644. The highest BCUT2D eigenvalue weighted by molar-refractivity contribution is 9.10. The molecule has 6 heteroatoms. The molecule has 0 saturated heterocycles. The van der Waals surface area contributed by atoms with Gasteiger partial charge >= 0.3 is 0 Å². The summed E-state index contributed by atoms with van der Waals surface area (Å²) in [6, 6.07) is 17.2. The van der Waals surface area contributed by atoms with Gasteiger partial charge in [0.1, 0.15) is 11.6 Å². The number of nitrogens with zero attached hydrogens (tertiary/aromatic N) is 1. The molecule has 2 aromatic carbocycles. The summed E-state index contributed by atoms with van der Waals surface area (Å²) < 4.78 is 14.4. The average Bonchev–Trinajstić information content (AvgIpc) is 2.62. The lowest BCUT2D eigenvalue weighted by Crippen LogP contribution is -2.12. The minimum absolute atomic E-state index is 0.213. The van der Waals surface area contributed by atoms with Crippen LogP contribution in [0.1, 0.15) is 15.9 Å². The molecule has 0 spiro atoms. The summed E-state index contributed by atoms with van der Waals surface area (Å²) in [5, 5.41) is 5.84. The number of rotatable bonds is 5. The van der Waals surface area contributed by atoms with Crippen LogP contribution < -0.4 is 10.6 Å². The number of nitrogens with one attached hydrogen (secondary N) is 2. The van der Waals surface area contributed by atoms with Gasteiger partial charge in [0.05, 0.1) is 11.9 Å². The van der Waals surface area contributed by atoms with Crippen molar-refractivity contribution in [2.75, 3.05) is 10.6 Å². The fourth-order valence-electron chi connectivity index (χ4n) is 2.23. The zero-order valence-corrected chi connectivity index (χ0v) is 14.8. The molecule has 0 fully saturated rings. The number of benzene rings is 2. The van der Waals surface area contributed by atoms with E-state index in [1.54, 1.807) is 54.7 Å². The summed E-state index contributed by atoms with van der Waals surface area (Å²) >= 11 is 3.34. The Morgan fingerprint density at radius 1 is 1.08 bits per heavy atom. The Kier molecular flexibility index (Phi) is 5.40. The highest BCUT2D eigenvalue weighted by Crippen LogP contribution is 2.15. The number of hydrogen-bond donors (Lipinski definition) is 2. The standard InChI is InChI=1S/C19H15BrFN3O/c20-15-6-3-5-13(10-15)19(25)24-16-8-9-18(23-12-16)22-11-14-4-1-2-7-17(14)21/h1-10,12H,11H2,(H,22,23)(H,24,25). The van der Waals surface area contributed by atoms with Crippen molar-refractivity contribution in [3.63, 3.8) is 0 Å². The molecule has 3 aromatic rings. The first-order valence-corrected chi connectivity index (χ1v) is 8.41. The molecule has 1 heterocycles. The summed E-state index contributed by atoms with van der Waals surface area (Å²) in [5.41, 5.74) is 1.70. The Labute approximate surface area is 153 Å². The molecular weight excluding hydrogens is 385 g/mol. The van der Waals surface area contributed by atoms with Gasteiger partial charge in [0.2, 0.25) is 0 Å². The molecule has 0 aliphatic rings. The van der Waals surface area contributed by atoms with Crippen LogP contribution in [0.3, 0.4) is 0 Å². The van der Waals surface area contributed by atoms with Crippen LogP contribution in [0, 0.1) is 5.82 Å². The van der Waals surface area contributed by atoms with Crippen LogP contribution in [0.5, 0.6) is 0 Å². The van der Waals surface area contributed by atoms with Crippen LogP contribution in [0.2, 0.25) is 0 Å². The van der Waals surface area contributed by atoms with E-state index in [0.717, 1.165) is 4.47 Å². The topological polar surface area (TPSA) is 54.0 Å². The summed E-state index contributed by atoms with van der Waals surface area (Å²) in [6.45, 7) is 0.337. The van der Waals surface area contributed by atoms with Gasteiger partial charge in [0, 0.05) is 22.1 Å². The van der Waals surface area contributed by atoms with Crippen LogP contribution in [-0.2, 0) is 6.54 Å². The summed E-state index contributed by atoms with van der Waals surface area (Å²) in [4.78, 5) is 16.4. The van der Waals surface area contributed by atoms with Crippen LogP contribution in [-0.4, -0.2) is 10.9 Å². The zero-order chi connectivity index (χ0) is 17.6. The molecule has 25 heavy (non-hydrogen) atoms. The van der Waals surface area contributed by atoms with E-state index < -0.39 is 0 Å². The molecule has 0 unspecified atom stereocenters. The number of halogens is 2. The van der Waals surface area contributed by atoms with Crippen LogP contribution >= 0.6 is 15.9 Å². The molecule has 0 aliphatic heterocycles. The van der Waals surface area contributed by atoms with Crippen molar-refractivity contribution in [3.05, 3.63) is 88.3 Å². The fraction of sp³-hybridized carbons (Fsp3) is 0.0526. The molecule has 0 atom stereocenters. The molecule has 1 amide bonds. The maximum absolute atomic E-state index is 13.6. The lowest BCUT2D eigenvalue weighted by Gasteiger charge is -2.08. The number of hydrogen-bond acceptors (Lipinski definition) is 3. The summed E-state index contributed by atoms with van der Waals surface area (Å²) in [6.07, 6.45) is 1.56. The van der Waals surface area contributed by atoms with E-state index in [1.807, 2.05) is 6.07 Å². The molecule has 0 bridgehead atoms. The van der Waals surface area contributed by atoms with Crippen molar-refractivity contribution in [2.24, 2.45) is 0 Å². The second-order valence-electron chi connectivity index (χ2n) is 5.34. The smallest absolute Gasteiger partial charge is 0.255 e. The highest BCUT2D eigenvalue weighted by atomic mass is 79.9. The van der Waals surface area contributed by atoms with Gasteiger partial charge in [-0.2, -0.15) is 0 Å². The SMILES string of the molecule is O=C(Nc1ccc(NCc2ccccc2F)nc1)c1cccc(Br)c1. The van der Waals surface area contributed by atoms with Crippen molar-refractivity contribution in [1.82, 2.24) is 4.98 Å². The van der Waals surface area contributed by atoms with E-state index in [1.165, 1.54) is 6.07 Å². The predicted octanol–water partition coefficient (Wildman–Crippen LogP) is 4.85. The molecule has 3 rings (SSSR count). The number of carbonyl (C=O) groups is 1. The minimum atomic E-state index is -0.257. The first-order valence-electron chi connectivity index (χ1n) is 7.62. The number of aromatic nitrogens is 1. The highest BCUT2D eigenvalue weighted by Gasteiger charge is 2.07. The molecule has 1 aromatic heterocycles. The Morgan fingerprint density at radius 3 is 2.64 bits per heavy atom. The second kappa shape index (κ2) is 7.90. The maximum atomic E-state index is 13.6. The zero-order valence-electron chi connectivity index (χ0n) is 13.2. The predicted molar refractivity (Wildman–Crippen MR) is 100 cm³/mol. The molecule has 0 radical (unpaired) electrons. The monoisotopic (exact) mass is 399 g/mol. The first-order chi connectivity index (χ1) is 12.1. The third-order valence-corrected chi connectivity index (χ3v) is 4.02. The number of pyridine rings is 1. The summed E-state index contributed by atoms with van der Waals surface area (Å²) in [5.74, 6) is 0.131. The lowest BCUT2D eigenvalue weighted by molar-refractivity contribution is 0.102. The number of anilines is 2. The normalized spacial score (nSPS) is 10.3. The minimum Gasteiger partial charge on any atom is -0.366 e. The molecule has 126 valence electrons. The molecule has 4 nitrogen and oxygen atoms in total. The Morgan fingerprint density at radius 2 is 1.92 bits per heavy atom. The van der Waals surface area contributed by atoms with E-state index in [2.05, 4.69) is 31.5 Å². The van der Waals surface area contributed by atoms with Crippen molar-refractivity contribution in [1.29, 1.82) is 0 Å². The number of carbonyl (C=O) groups excluding carboxylic acids is 1. The van der Waals surface area contributed by atoms with Gasteiger partial charge in [0.15, 0.2) is 0 Å². The largest absolute Gasteiger partial charge is 0.366 e. The fourth-order valence-corrected chi connectivity index (χ4v) is 2.63. The van der Waals surface area contributed by atoms with Crippen molar-refractivity contribution in [3.8, 4) is 0 Å². The Bertz CT molecular complexity index is 884. The van der Waals surface area contributed by atoms with Crippen LogP contribution in [0.25, 0.3) is 0 Å². The van der Waals surface area contributed by atoms with E-state index in [9.17, 15) is 9.18 Å². The lowest BCUT2D eigenvalue weighted by atomic mass is 10.2. The van der Waals surface area contributed by atoms with Crippen LogP contribution in [0.15, 0.2) is 71.3 Å². The second-order valence-corrected chi connectivity index (χ2v) is 6.26. The third-order valence-electron chi connectivity index (χ3n) is 3.53. The van der Waals surface area contributed by atoms with E-state index >= 15 is 0 Å². The van der Waals surface area contributed by atoms with Gasteiger partial charge < -0.3 is 10.6 Å². The average molecular weight is 400 g/mol. The molecule has 0 aliphatic carbocycles. The third kappa shape index (κ3) is 4.64. The van der Waals surface area contributed by atoms with E-state index in [0.29, 0.717) is 29.2 Å². The Balaban J connectivity index is 1.60. The Hall–Kier alpha value is -2.73. The van der Waals surface area contributed by atoms with Gasteiger partial charge in [-0.15, -0.1) is 0 Å². The maximum Gasteiger partial charge on any atom is 0.255 e. The van der Waals surface area contributed by atoms with Crippen molar-refractivity contribution < 1.29 is 9.18 Å². The van der Waals surface area contributed by atoms with Crippen molar-refractivity contribution in [2.45, 2.75) is 6.54 Å². The van der Waals surface area contributed by atoms with Crippen LogP contribution in [0.4, 0.5) is 15.9 Å². The van der Waals surface area contributed by atoms with Gasteiger partial charge in [0.25, 0.3) is 5.91 Å². The van der Waals surface area contributed by atoms with Gasteiger partial charge in [-0.1, -0.05) is 40.2 Å². The van der Waals surface area contributed by atoms with Crippen molar-refractivity contribution >= 4 is 33.3 Å².